The summed E-state index contributed by atoms with van der Waals surface area (Å²) in [6.07, 6.45) is 5.11. The lowest BCUT2D eigenvalue weighted by atomic mass is 9.94. The second kappa shape index (κ2) is 4.60. The van der Waals surface area contributed by atoms with Crippen molar-refractivity contribution >= 4 is 6.29 Å². The third kappa shape index (κ3) is 2.38. The monoisotopic (exact) mass is 214 g/mol. The van der Waals surface area contributed by atoms with Crippen molar-refractivity contribution in [3.05, 3.63) is 0 Å². The summed E-state index contributed by atoms with van der Waals surface area (Å²) >= 11 is 0. The number of hydrogen-bond donors (Lipinski definition) is 1. The van der Waals surface area contributed by atoms with Gasteiger partial charge in [-0.25, -0.2) is 0 Å². The molecule has 86 valence electrons. The lowest BCUT2D eigenvalue weighted by Crippen LogP contribution is -2.36. The van der Waals surface area contributed by atoms with Gasteiger partial charge in [0.25, 0.3) is 0 Å². The number of aliphatic hydroxyl groups is 1. The molecule has 0 aromatic carbocycles. The summed E-state index contributed by atoms with van der Waals surface area (Å²) < 4.78 is 11.4. The number of ether oxygens (including phenoxy) is 2. The zero-order chi connectivity index (χ0) is 10.7. The summed E-state index contributed by atoms with van der Waals surface area (Å²) in [5.74, 6) is -0.452. The summed E-state index contributed by atoms with van der Waals surface area (Å²) in [4.78, 5) is 10.3. The standard InChI is InChI=1S/C11H18O4/c12-7-4-9(13)10-8-14-11(15-10)5-2-1-3-6-11/h7,9-10,13H,1-6,8H2/t9-,10+/m0/s1. The van der Waals surface area contributed by atoms with Crippen LogP contribution in [0.25, 0.3) is 0 Å². The fraction of sp³-hybridized carbons (Fsp3) is 0.909. The van der Waals surface area contributed by atoms with Crippen molar-refractivity contribution in [2.24, 2.45) is 0 Å². The zero-order valence-electron chi connectivity index (χ0n) is 8.85. The van der Waals surface area contributed by atoms with Crippen LogP contribution in [-0.4, -0.2) is 36.0 Å². The number of carbonyl (C=O) groups excluding carboxylic acids is 1. The summed E-state index contributed by atoms with van der Waals surface area (Å²) in [6.45, 7) is 0.412. The summed E-state index contributed by atoms with van der Waals surface area (Å²) in [5, 5.41) is 9.63. The van der Waals surface area contributed by atoms with Crippen molar-refractivity contribution in [1.82, 2.24) is 0 Å². The van der Waals surface area contributed by atoms with Gasteiger partial charge in [0.15, 0.2) is 5.79 Å². The minimum Gasteiger partial charge on any atom is -0.390 e. The summed E-state index contributed by atoms with van der Waals surface area (Å²) in [5.41, 5.74) is 0. The van der Waals surface area contributed by atoms with Crippen LogP contribution in [0.4, 0.5) is 0 Å². The maximum Gasteiger partial charge on any atom is 0.169 e. The molecule has 1 aliphatic heterocycles. The number of hydrogen-bond acceptors (Lipinski definition) is 4. The van der Waals surface area contributed by atoms with E-state index in [4.69, 9.17) is 9.47 Å². The highest BCUT2D eigenvalue weighted by molar-refractivity contribution is 5.50. The van der Waals surface area contributed by atoms with E-state index >= 15 is 0 Å². The average molecular weight is 214 g/mol. The van der Waals surface area contributed by atoms with E-state index in [0.717, 1.165) is 32.0 Å². The van der Waals surface area contributed by atoms with Gasteiger partial charge >= 0.3 is 0 Å². The van der Waals surface area contributed by atoms with Gasteiger partial charge in [0.05, 0.1) is 12.7 Å². The molecular formula is C11H18O4. The Hall–Kier alpha value is -0.450. The normalized spacial score (nSPS) is 31.7. The molecule has 1 heterocycles. The minimum atomic E-state index is -0.719. The molecule has 2 rings (SSSR count). The molecule has 4 nitrogen and oxygen atoms in total. The Morgan fingerprint density at radius 2 is 2.13 bits per heavy atom. The van der Waals surface area contributed by atoms with Gasteiger partial charge in [-0.1, -0.05) is 6.42 Å². The molecule has 1 aliphatic carbocycles. The lowest BCUT2D eigenvalue weighted by molar-refractivity contribution is -0.195. The molecule has 4 heteroatoms. The van der Waals surface area contributed by atoms with Crippen LogP contribution >= 0.6 is 0 Å². The van der Waals surface area contributed by atoms with Crippen LogP contribution in [-0.2, 0) is 14.3 Å². The van der Waals surface area contributed by atoms with Gasteiger partial charge in [0, 0.05) is 19.3 Å². The quantitative estimate of drug-likeness (QED) is 0.712. The molecule has 15 heavy (non-hydrogen) atoms. The van der Waals surface area contributed by atoms with Gasteiger partial charge in [-0.05, 0) is 12.8 Å². The molecule has 2 atom stereocenters. The fourth-order valence-electron chi connectivity index (χ4n) is 2.37. The van der Waals surface area contributed by atoms with Crippen LogP contribution < -0.4 is 0 Å². The first kappa shape index (κ1) is 11.0. The van der Waals surface area contributed by atoms with Crippen LogP contribution in [0.2, 0.25) is 0 Å². The highest BCUT2D eigenvalue weighted by Gasteiger charge is 2.44. The molecule has 0 unspecified atom stereocenters. The number of carbonyl (C=O) groups is 1. The molecule has 2 fully saturated rings. The van der Waals surface area contributed by atoms with Crippen LogP contribution in [0.15, 0.2) is 0 Å². The highest BCUT2D eigenvalue weighted by atomic mass is 16.7. The van der Waals surface area contributed by atoms with Gasteiger partial charge in [-0.2, -0.15) is 0 Å². The molecule has 0 radical (unpaired) electrons. The van der Waals surface area contributed by atoms with Crippen molar-refractivity contribution in [2.45, 2.75) is 56.5 Å². The molecule has 0 aromatic rings. The molecule has 1 spiro atoms. The van der Waals surface area contributed by atoms with E-state index in [0.29, 0.717) is 6.61 Å². The molecule has 0 aromatic heterocycles. The Labute approximate surface area is 89.6 Å². The Bertz CT molecular complexity index is 223. The van der Waals surface area contributed by atoms with Crippen molar-refractivity contribution in [3.63, 3.8) is 0 Å². The van der Waals surface area contributed by atoms with Crippen molar-refractivity contribution < 1.29 is 19.4 Å². The summed E-state index contributed by atoms with van der Waals surface area (Å²) in [7, 11) is 0. The van der Waals surface area contributed by atoms with Crippen molar-refractivity contribution in [2.75, 3.05) is 6.61 Å². The first-order valence-corrected chi connectivity index (χ1v) is 5.69. The van der Waals surface area contributed by atoms with Gasteiger partial charge in [0.2, 0.25) is 0 Å². The molecule has 2 aliphatic rings. The smallest absolute Gasteiger partial charge is 0.169 e. The topological polar surface area (TPSA) is 55.8 Å². The Morgan fingerprint density at radius 1 is 1.40 bits per heavy atom. The van der Waals surface area contributed by atoms with Crippen molar-refractivity contribution in [1.29, 1.82) is 0 Å². The molecule has 1 saturated carbocycles. The van der Waals surface area contributed by atoms with E-state index in [-0.39, 0.29) is 12.5 Å². The van der Waals surface area contributed by atoms with Crippen LogP contribution in [0, 0.1) is 0 Å². The van der Waals surface area contributed by atoms with Crippen LogP contribution in [0.1, 0.15) is 38.5 Å². The molecule has 1 saturated heterocycles. The Kier molecular flexibility index (Phi) is 3.38. The lowest BCUT2D eigenvalue weighted by Gasteiger charge is -2.32. The van der Waals surface area contributed by atoms with Gasteiger partial charge in [0.1, 0.15) is 12.4 Å². The van der Waals surface area contributed by atoms with E-state index in [2.05, 4.69) is 0 Å². The van der Waals surface area contributed by atoms with E-state index < -0.39 is 11.9 Å². The maximum absolute atomic E-state index is 10.3. The number of aldehydes is 1. The maximum atomic E-state index is 10.3. The Balaban J connectivity index is 1.90. The van der Waals surface area contributed by atoms with Gasteiger partial charge < -0.3 is 19.4 Å². The molecule has 0 amide bonds. The van der Waals surface area contributed by atoms with E-state index in [1.54, 1.807) is 0 Å². The zero-order valence-corrected chi connectivity index (χ0v) is 8.85. The van der Waals surface area contributed by atoms with Gasteiger partial charge in [-0.3, -0.25) is 0 Å². The van der Waals surface area contributed by atoms with E-state index in [9.17, 15) is 9.90 Å². The largest absolute Gasteiger partial charge is 0.390 e. The van der Waals surface area contributed by atoms with E-state index in [1.807, 2.05) is 0 Å². The first-order valence-electron chi connectivity index (χ1n) is 5.69. The third-order valence-corrected chi connectivity index (χ3v) is 3.26. The number of rotatable bonds is 3. The third-order valence-electron chi connectivity index (χ3n) is 3.26. The molecule has 1 N–H and O–H groups in total. The summed E-state index contributed by atoms with van der Waals surface area (Å²) in [6, 6.07) is 0. The van der Waals surface area contributed by atoms with Gasteiger partial charge in [-0.15, -0.1) is 0 Å². The van der Waals surface area contributed by atoms with Crippen molar-refractivity contribution in [3.8, 4) is 0 Å². The minimum absolute atomic E-state index is 0.129. The van der Waals surface area contributed by atoms with Crippen LogP contribution in [0.3, 0.4) is 0 Å². The molecule has 0 bridgehead atoms. The second-order valence-electron chi connectivity index (χ2n) is 4.41. The average Bonchev–Trinajstić information content (AvgIpc) is 2.64. The SMILES string of the molecule is O=CC[C@H](O)[C@H]1COC2(CCCCC2)O1. The fourth-order valence-corrected chi connectivity index (χ4v) is 2.37. The molecular weight excluding hydrogens is 196 g/mol. The van der Waals surface area contributed by atoms with Crippen LogP contribution in [0.5, 0.6) is 0 Å². The first-order chi connectivity index (χ1) is 7.26. The number of aliphatic hydroxyl groups excluding tert-OH is 1. The predicted molar refractivity (Wildman–Crippen MR) is 53.3 cm³/mol. The second-order valence-corrected chi connectivity index (χ2v) is 4.41. The predicted octanol–water partition coefficient (Wildman–Crippen LogP) is 1.01. The van der Waals surface area contributed by atoms with E-state index in [1.165, 1.54) is 6.42 Å². The Morgan fingerprint density at radius 3 is 2.80 bits per heavy atom. The highest BCUT2D eigenvalue weighted by Crippen LogP contribution is 2.38.